The van der Waals surface area contributed by atoms with Crippen molar-refractivity contribution in [3.05, 3.63) is 35.4 Å². The highest BCUT2D eigenvalue weighted by Gasteiger charge is 2.21. The summed E-state index contributed by atoms with van der Waals surface area (Å²) in [5.74, 6) is 0.143. The summed E-state index contributed by atoms with van der Waals surface area (Å²) in [6.07, 6.45) is 1.57. The van der Waals surface area contributed by atoms with Gasteiger partial charge >= 0.3 is 0 Å². The molecular weight excluding hydrogens is 292 g/mol. The average molecular weight is 318 g/mol. The first-order chi connectivity index (χ1) is 11.1. The molecule has 1 saturated heterocycles. The Morgan fingerprint density at radius 3 is 2.48 bits per heavy atom. The molecule has 2 rings (SSSR count). The van der Waals surface area contributed by atoms with Gasteiger partial charge in [-0.3, -0.25) is 9.59 Å². The molecule has 23 heavy (non-hydrogen) atoms. The number of benzene rings is 1. The van der Waals surface area contributed by atoms with E-state index >= 15 is 0 Å². The number of nitrogens with one attached hydrogen (secondary N) is 1. The van der Waals surface area contributed by atoms with Crippen LogP contribution in [0.2, 0.25) is 0 Å². The number of amides is 2. The summed E-state index contributed by atoms with van der Waals surface area (Å²) < 4.78 is 5.27. The summed E-state index contributed by atoms with van der Waals surface area (Å²) in [6, 6.07) is 8.15. The van der Waals surface area contributed by atoms with E-state index in [-0.39, 0.29) is 17.7 Å². The molecule has 0 aromatic heterocycles. The van der Waals surface area contributed by atoms with Crippen LogP contribution in [0.1, 0.15) is 30.9 Å². The molecule has 1 aromatic carbocycles. The molecule has 0 aliphatic carbocycles. The lowest BCUT2D eigenvalue weighted by atomic mass is 9.99. The lowest BCUT2D eigenvalue weighted by Crippen LogP contribution is -2.40. The van der Waals surface area contributed by atoms with E-state index in [4.69, 9.17) is 4.74 Å². The highest BCUT2D eigenvalue weighted by atomic mass is 16.5. The number of hydrogen-bond donors (Lipinski definition) is 1. The Labute approximate surface area is 138 Å². The van der Waals surface area contributed by atoms with Crippen LogP contribution in [-0.2, 0) is 20.9 Å². The van der Waals surface area contributed by atoms with E-state index in [1.807, 2.05) is 31.2 Å². The Hall–Kier alpha value is -1.88. The highest BCUT2D eigenvalue weighted by Crippen LogP contribution is 2.14. The van der Waals surface area contributed by atoms with E-state index in [1.54, 1.807) is 11.8 Å². The molecule has 1 aliphatic heterocycles. The van der Waals surface area contributed by atoms with Crippen LogP contribution in [0.15, 0.2) is 24.3 Å². The third-order valence-electron chi connectivity index (χ3n) is 4.21. The van der Waals surface area contributed by atoms with Gasteiger partial charge in [0.25, 0.3) is 0 Å². The maximum Gasteiger partial charge on any atom is 0.223 e. The quantitative estimate of drug-likeness (QED) is 0.871. The zero-order chi connectivity index (χ0) is 16.7. The molecule has 5 nitrogen and oxygen atoms in total. The standard InChI is InChI=1S/C18H26N2O3/c1-14-3-5-16(6-4-14)13-20(15(2)21)10-9-19-18(22)17-7-11-23-12-8-17/h3-6,17H,7-13H2,1-2H3,(H,19,22). The molecule has 0 bridgehead atoms. The molecule has 1 aromatic rings. The Balaban J connectivity index is 1.79. The molecular formula is C18H26N2O3. The van der Waals surface area contributed by atoms with Gasteiger partial charge in [-0.15, -0.1) is 0 Å². The van der Waals surface area contributed by atoms with Gasteiger partial charge in [0, 0.05) is 45.7 Å². The minimum absolute atomic E-state index is 0.0193. The van der Waals surface area contributed by atoms with Crippen molar-refractivity contribution in [3.63, 3.8) is 0 Å². The van der Waals surface area contributed by atoms with E-state index in [1.165, 1.54) is 5.56 Å². The maximum atomic E-state index is 12.1. The second-order valence-corrected chi connectivity index (χ2v) is 6.10. The monoisotopic (exact) mass is 318 g/mol. The van der Waals surface area contributed by atoms with Crippen molar-refractivity contribution < 1.29 is 14.3 Å². The predicted octanol–water partition coefficient (Wildman–Crippen LogP) is 1.89. The van der Waals surface area contributed by atoms with Crippen LogP contribution in [0.5, 0.6) is 0 Å². The molecule has 2 amide bonds. The first kappa shape index (κ1) is 17.5. The molecule has 126 valence electrons. The number of rotatable bonds is 6. The van der Waals surface area contributed by atoms with Crippen molar-refractivity contribution in [1.82, 2.24) is 10.2 Å². The Bertz CT molecular complexity index is 522. The molecule has 0 atom stereocenters. The summed E-state index contributed by atoms with van der Waals surface area (Å²) in [5, 5.41) is 2.94. The number of nitrogens with zero attached hydrogens (tertiary/aromatic N) is 1. The molecule has 0 saturated carbocycles. The van der Waals surface area contributed by atoms with Crippen LogP contribution in [0.4, 0.5) is 0 Å². The first-order valence-corrected chi connectivity index (χ1v) is 8.23. The summed E-state index contributed by atoms with van der Waals surface area (Å²) in [7, 11) is 0. The minimum Gasteiger partial charge on any atom is -0.381 e. The van der Waals surface area contributed by atoms with Crippen molar-refractivity contribution in [2.24, 2.45) is 5.92 Å². The molecule has 1 aliphatic rings. The fourth-order valence-corrected chi connectivity index (χ4v) is 2.68. The minimum atomic E-state index is 0.0193. The van der Waals surface area contributed by atoms with Gasteiger partial charge in [0.05, 0.1) is 0 Å². The van der Waals surface area contributed by atoms with Crippen LogP contribution in [-0.4, -0.2) is 43.0 Å². The third kappa shape index (κ3) is 5.67. The maximum absolute atomic E-state index is 12.1. The van der Waals surface area contributed by atoms with Gasteiger partial charge < -0.3 is 15.0 Å². The summed E-state index contributed by atoms with van der Waals surface area (Å²) in [4.78, 5) is 25.6. The molecule has 0 unspecified atom stereocenters. The average Bonchev–Trinajstić information content (AvgIpc) is 2.56. The van der Waals surface area contributed by atoms with E-state index in [0.717, 1.165) is 18.4 Å². The zero-order valence-corrected chi connectivity index (χ0v) is 14.0. The predicted molar refractivity (Wildman–Crippen MR) is 88.8 cm³/mol. The van der Waals surface area contributed by atoms with Crippen LogP contribution >= 0.6 is 0 Å². The van der Waals surface area contributed by atoms with Crippen LogP contribution < -0.4 is 5.32 Å². The van der Waals surface area contributed by atoms with Crippen molar-refractivity contribution in [2.75, 3.05) is 26.3 Å². The number of carbonyl (C=O) groups is 2. The largest absolute Gasteiger partial charge is 0.381 e. The second-order valence-electron chi connectivity index (χ2n) is 6.10. The molecule has 0 spiro atoms. The Morgan fingerprint density at radius 2 is 1.87 bits per heavy atom. The Morgan fingerprint density at radius 1 is 1.22 bits per heavy atom. The van der Waals surface area contributed by atoms with Crippen molar-refractivity contribution in [3.8, 4) is 0 Å². The fourth-order valence-electron chi connectivity index (χ4n) is 2.68. The van der Waals surface area contributed by atoms with Crippen LogP contribution in [0.3, 0.4) is 0 Å². The highest BCUT2D eigenvalue weighted by molar-refractivity contribution is 5.78. The smallest absolute Gasteiger partial charge is 0.223 e. The topological polar surface area (TPSA) is 58.6 Å². The number of carbonyl (C=O) groups excluding carboxylic acids is 2. The van der Waals surface area contributed by atoms with E-state index < -0.39 is 0 Å². The summed E-state index contributed by atoms with van der Waals surface area (Å²) in [6.45, 7) is 6.51. The van der Waals surface area contributed by atoms with Crippen molar-refractivity contribution >= 4 is 11.8 Å². The number of hydrogen-bond acceptors (Lipinski definition) is 3. The van der Waals surface area contributed by atoms with Gasteiger partial charge in [0.1, 0.15) is 0 Å². The molecule has 5 heteroatoms. The summed E-state index contributed by atoms with van der Waals surface area (Å²) in [5.41, 5.74) is 2.30. The van der Waals surface area contributed by atoms with Crippen molar-refractivity contribution in [1.29, 1.82) is 0 Å². The molecule has 0 radical (unpaired) electrons. The molecule has 1 heterocycles. The van der Waals surface area contributed by atoms with Crippen LogP contribution in [0, 0.1) is 12.8 Å². The zero-order valence-electron chi connectivity index (χ0n) is 14.0. The summed E-state index contributed by atoms with van der Waals surface area (Å²) >= 11 is 0. The van der Waals surface area contributed by atoms with Crippen LogP contribution in [0.25, 0.3) is 0 Å². The van der Waals surface area contributed by atoms with Gasteiger partial charge in [-0.05, 0) is 25.3 Å². The van der Waals surface area contributed by atoms with Gasteiger partial charge in [0.2, 0.25) is 11.8 Å². The van der Waals surface area contributed by atoms with Gasteiger partial charge in [-0.25, -0.2) is 0 Å². The van der Waals surface area contributed by atoms with E-state index in [0.29, 0.717) is 32.8 Å². The first-order valence-electron chi connectivity index (χ1n) is 8.23. The normalized spacial score (nSPS) is 15.2. The van der Waals surface area contributed by atoms with Gasteiger partial charge in [-0.2, -0.15) is 0 Å². The number of aryl methyl sites for hydroxylation is 1. The second kappa shape index (κ2) is 8.67. The van der Waals surface area contributed by atoms with Gasteiger partial charge in [-0.1, -0.05) is 29.8 Å². The molecule has 1 fully saturated rings. The Kier molecular flexibility index (Phi) is 6.59. The lowest BCUT2D eigenvalue weighted by Gasteiger charge is -2.24. The SMILES string of the molecule is CC(=O)N(CCNC(=O)C1CCOCC1)Cc1ccc(C)cc1. The fraction of sp³-hybridized carbons (Fsp3) is 0.556. The lowest BCUT2D eigenvalue weighted by molar-refractivity contribution is -0.131. The molecule has 1 N–H and O–H groups in total. The third-order valence-corrected chi connectivity index (χ3v) is 4.21. The van der Waals surface area contributed by atoms with Crippen molar-refractivity contribution in [2.45, 2.75) is 33.2 Å². The van der Waals surface area contributed by atoms with Gasteiger partial charge in [0.15, 0.2) is 0 Å². The van der Waals surface area contributed by atoms with E-state index in [9.17, 15) is 9.59 Å². The number of ether oxygens (including phenoxy) is 1. The van der Waals surface area contributed by atoms with E-state index in [2.05, 4.69) is 5.32 Å².